The van der Waals surface area contributed by atoms with Crippen molar-refractivity contribution in [1.29, 1.82) is 0 Å². The monoisotopic (exact) mass is 217 g/mol. The minimum absolute atomic E-state index is 0.0246. The molecule has 1 aliphatic carbocycles. The van der Waals surface area contributed by atoms with Gasteiger partial charge in [0.25, 0.3) is 0 Å². The van der Waals surface area contributed by atoms with Crippen LogP contribution < -0.4 is 4.74 Å². The van der Waals surface area contributed by atoms with Gasteiger partial charge < -0.3 is 4.74 Å². The van der Waals surface area contributed by atoms with E-state index in [4.69, 9.17) is 4.74 Å². The molecule has 4 heteroatoms. The Kier molecular flexibility index (Phi) is 1.93. The number of nitrogens with zero attached hydrogens (tertiary/aromatic N) is 2. The molecule has 0 aliphatic heterocycles. The number of H-pyrrole nitrogens is 1. The van der Waals surface area contributed by atoms with Crippen LogP contribution in [-0.2, 0) is 6.42 Å². The van der Waals surface area contributed by atoms with Crippen LogP contribution in [-0.4, -0.2) is 20.8 Å². The summed E-state index contributed by atoms with van der Waals surface area (Å²) in [5, 5.41) is 8.35. The summed E-state index contributed by atoms with van der Waals surface area (Å²) >= 11 is 0. The average molecular weight is 217 g/mol. The maximum atomic E-state index is 5.84. The van der Waals surface area contributed by atoms with Gasteiger partial charge in [-0.1, -0.05) is 6.92 Å². The number of aromatic amines is 1. The van der Waals surface area contributed by atoms with Crippen LogP contribution in [0.5, 0.6) is 5.88 Å². The number of rotatable bonds is 3. The SMILES string of the molecule is CCc1[nH]nc2cnc(OC3(C)CC3)cc12. The molecule has 0 bridgehead atoms. The van der Waals surface area contributed by atoms with E-state index in [0.717, 1.165) is 35.9 Å². The number of nitrogens with one attached hydrogen (secondary N) is 1. The molecule has 0 saturated heterocycles. The first kappa shape index (κ1) is 9.63. The van der Waals surface area contributed by atoms with Crippen molar-refractivity contribution in [3.63, 3.8) is 0 Å². The van der Waals surface area contributed by atoms with Crippen molar-refractivity contribution in [1.82, 2.24) is 15.2 Å². The smallest absolute Gasteiger partial charge is 0.214 e. The molecule has 2 aromatic heterocycles. The van der Waals surface area contributed by atoms with Crippen LogP contribution >= 0.6 is 0 Å². The molecule has 3 rings (SSSR count). The third kappa shape index (κ3) is 1.54. The van der Waals surface area contributed by atoms with Crippen LogP contribution in [0.1, 0.15) is 32.4 Å². The second-order valence-corrected chi connectivity index (χ2v) is 4.65. The highest BCUT2D eigenvalue weighted by Gasteiger charge is 2.40. The van der Waals surface area contributed by atoms with E-state index in [-0.39, 0.29) is 5.60 Å². The van der Waals surface area contributed by atoms with Gasteiger partial charge in [-0.3, -0.25) is 5.10 Å². The maximum absolute atomic E-state index is 5.84. The molecule has 1 N–H and O–H groups in total. The van der Waals surface area contributed by atoms with E-state index in [1.807, 2.05) is 6.07 Å². The number of fused-ring (bicyclic) bond motifs is 1. The molecule has 4 nitrogen and oxygen atoms in total. The van der Waals surface area contributed by atoms with E-state index in [1.165, 1.54) is 0 Å². The molecular weight excluding hydrogens is 202 g/mol. The summed E-state index contributed by atoms with van der Waals surface area (Å²) in [5.41, 5.74) is 2.07. The first-order chi connectivity index (χ1) is 7.70. The van der Waals surface area contributed by atoms with E-state index >= 15 is 0 Å². The Bertz CT molecular complexity index is 528. The number of hydrogen-bond donors (Lipinski definition) is 1. The highest BCUT2D eigenvalue weighted by molar-refractivity contribution is 5.81. The molecule has 0 amide bonds. The first-order valence-electron chi connectivity index (χ1n) is 5.72. The Labute approximate surface area is 94.0 Å². The third-order valence-corrected chi connectivity index (χ3v) is 3.15. The fourth-order valence-electron chi connectivity index (χ4n) is 1.80. The molecule has 0 unspecified atom stereocenters. The van der Waals surface area contributed by atoms with Gasteiger partial charge in [-0.05, 0) is 26.2 Å². The summed E-state index contributed by atoms with van der Waals surface area (Å²) in [7, 11) is 0. The summed E-state index contributed by atoms with van der Waals surface area (Å²) in [6.45, 7) is 4.23. The summed E-state index contributed by atoms with van der Waals surface area (Å²) in [4.78, 5) is 4.28. The molecule has 0 atom stereocenters. The molecule has 2 heterocycles. The molecule has 1 aliphatic rings. The molecule has 0 aromatic carbocycles. The zero-order valence-electron chi connectivity index (χ0n) is 9.58. The van der Waals surface area contributed by atoms with Gasteiger partial charge >= 0.3 is 0 Å². The second-order valence-electron chi connectivity index (χ2n) is 4.65. The minimum atomic E-state index is 0.0246. The Morgan fingerprint density at radius 2 is 2.31 bits per heavy atom. The minimum Gasteiger partial charge on any atom is -0.471 e. The second kappa shape index (κ2) is 3.20. The van der Waals surface area contributed by atoms with Gasteiger partial charge in [0.15, 0.2) is 0 Å². The summed E-state index contributed by atoms with van der Waals surface area (Å²) in [6.07, 6.45) is 4.96. The van der Waals surface area contributed by atoms with E-state index in [9.17, 15) is 0 Å². The van der Waals surface area contributed by atoms with Crippen molar-refractivity contribution in [2.45, 2.75) is 38.7 Å². The lowest BCUT2D eigenvalue weighted by molar-refractivity contribution is 0.192. The van der Waals surface area contributed by atoms with Gasteiger partial charge in [0, 0.05) is 17.1 Å². The normalized spacial score (nSPS) is 17.6. The van der Waals surface area contributed by atoms with Gasteiger partial charge in [0.2, 0.25) is 5.88 Å². The van der Waals surface area contributed by atoms with Crippen LogP contribution in [0.4, 0.5) is 0 Å². The number of aromatic nitrogens is 3. The zero-order chi connectivity index (χ0) is 11.2. The molecule has 0 spiro atoms. The molecule has 1 fully saturated rings. The van der Waals surface area contributed by atoms with E-state index < -0.39 is 0 Å². The molecular formula is C12H15N3O. The first-order valence-corrected chi connectivity index (χ1v) is 5.72. The Balaban J connectivity index is 2.00. The Hall–Kier alpha value is -1.58. The molecule has 2 aromatic rings. The summed E-state index contributed by atoms with van der Waals surface area (Å²) in [6, 6.07) is 1.99. The zero-order valence-corrected chi connectivity index (χ0v) is 9.58. The van der Waals surface area contributed by atoms with Gasteiger partial charge in [-0.2, -0.15) is 5.10 Å². The van der Waals surface area contributed by atoms with Crippen LogP contribution in [0.15, 0.2) is 12.3 Å². The van der Waals surface area contributed by atoms with Crippen LogP contribution in [0.3, 0.4) is 0 Å². The van der Waals surface area contributed by atoms with Gasteiger partial charge in [0.1, 0.15) is 11.1 Å². The number of ether oxygens (including phenoxy) is 1. The molecule has 16 heavy (non-hydrogen) atoms. The predicted molar refractivity (Wildman–Crippen MR) is 61.5 cm³/mol. The summed E-state index contributed by atoms with van der Waals surface area (Å²) < 4.78 is 5.84. The van der Waals surface area contributed by atoms with Gasteiger partial charge in [-0.15, -0.1) is 0 Å². The quantitative estimate of drug-likeness (QED) is 0.859. The van der Waals surface area contributed by atoms with E-state index in [1.54, 1.807) is 6.20 Å². The molecule has 1 saturated carbocycles. The van der Waals surface area contributed by atoms with Crippen molar-refractivity contribution in [3.05, 3.63) is 18.0 Å². The highest BCUT2D eigenvalue weighted by atomic mass is 16.5. The van der Waals surface area contributed by atoms with Crippen LogP contribution in [0, 0.1) is 0 Å². The van der Waals surface area contributed by atoms with Crippen molar-refractivity contribution >= 4 is 10.9 Å². The largest absolute Gasteiger partial charge is 0.471 e. The number of pyridine rings is 1. The Morgan fingerprint density at radius 3 is 3.00 bits per heavy atom. The lowest BCUT2D eigenvalue weighted by Gasteiger charge is -2.11. The Morgan fingerprint density at radius 1 is 1.50 bits per heavy atom. The fourth-order valence-corrected chi connectivity index (χ4v) is 1.80. The third-order valence-electron chi connectivity index (χ3n) is 3.15. The summed E-state index contributed by atoms with van der Waals surface area (Å²) in [5.74, 6) is 0.712. The van der Waals surface area contributed by atoms with Crippen molar-refractivity contribution in [3.8, 4) is 5.88 Å². The van der Waals surface area contributed by atoms with Gasteiger partial charge in [-0.25, -0.2) is 4.98 Å². The van der Waals surface area contributed by atoms with E-state index in [0.29, 0.717) is 5.88 Å². The maximum Gasteiger partial charge on any atom is 0.214 e. The van der Waals surface area contributed by atoms with Crippen molar-refractivity contribution in [2.75, 3.05) is 0 Å². The van der Waals surface area contributed by atoms with Crippen LogP contribution in [0.2, 0.25) is 0 Å². The van der Waals surface area contributed by atoms with Crippen molar-refractivity contribution in [2.24, 2.45) is 0 Å². The molecule has 0 radical (unpaired) electrons. The fraction of sp³-hybridized carbons (Fsp3) is 0.500. The van der Waals surface area contributed by atoms with E-state index in [2.05, 4.69) is 29.0 Å². The highest BCUT2D eigenvalue weighted by Crippen LogP contribution is 2.39. The molecule has 84 valence electrons. The standard InChI is InChI=1S/C12H15N3O/c1-3-9-8-6-11(16-12(2)4-5-12)13-7-10(8)15-14-9/h6-7H,3-5H2,1-2H3,(H,14,15). The lowest BCUT2D eigenvalue weighted by atomic mass is 10.2. The number of hydrogen-bond acceptors (Lipinski definition) is 3. The topological polar surface area (TPSA) is 50.8 Å². The number of aryl methyl sites for hydroxylation is 1. The van der Waals surface area contributed by atoms with Crippen molar-refractivity contribution < 1.29 is 4.74 Å². The average Bonchev–Trinajstić information content (AvgIpc) is 2.87. The predicted octanol–water partition coefficient (Wildman–Crippen LogP) is 2.45. The van der Waals surface area contributed by atoms with Crippen LogP contribution in [0.25, 0.3) is 10.9 Å². The van der Waals surface area contributed by atoms with Gasteiger partial charge in [0.05, 0.1) is 6.20 Å². The lowest BCUT2D eigenvalue weighted by Crippen LogP contribution is -2.12.